The van der Waals surface area contributed by atoms with Crippen molar-refractivity contribution < 1.29 is 9.59 Å². The van der Waals surface area contributed by atoms with Gasteiger partial charge in [0.15, 0.2) is 8.68 Å². The Kier molecular flexibility index (Phi) is 7.16. The molecule has 1 aliphatic rings. The van der Waals surface area contributed by atoms with Gasteiger partial charge >= 0.3 is 0 Å². The van der Waals surface area contributed by atoms with Crippen molar-refractivity contribution in [1.82, 2.24) is 20.4 Å². The molecular formula is C14H22N4O2S3. The highest BCUT2D eigenvalue weighted by Crippen LogP contribution is 2.31. The summed E-state index contributed by atoms with van der Waals surface area (Å²) in [4.78, 5) is 25.7. The Bertz CT molecular complexity index is 544. The van der Waals surface area contributed by atoms with Gasteiger partial charge in [0.05, 0.1) is 11.0 Å². The fourth-order valence-corrected chi connectivity index (χ4v) is 4.92. The monoisotopic (exact) mass is 374 g/mol. The number of nitrogens with one attached hydrogen (secondary N) is 1. The maximum atomic E-state index is 12.0. The van der Waals surface area contributed by atoms with Gasteiger partial charge in [0, 0.05) is 19.1 Å². The van der Waals surface area contributed by atoms with E-state index in [1.54, 1.807) is 4.90 Å². The Hall–Kier alpha value is -0.800. The molecule has 1 heterocycles. The van der Waals surface area contributed by atoms with Gasteiger partial charge in [-0.25, -0.2) is 0 Å². The van der Waals surface area contributed by atoms with Crippen LogP contribution in [0.3, 0.4) is 0 Å². The summed E-state index contributed by atoms with van der Waals surface area (Å²) >= 11 is 4.26. The third kappa shape index (κ3) is 5.96. The van der Waals surface area contributed by atoms with Crippen LogP contribution in [0, 0.1) is 0 Å². The van der Waals surface area contributed by atoms with Crippen molar-refractivity contribution in [3.05, 3.63) is 0 Å². The Labute approximate surface area is 149 Å². The summed E-state index contributed by atoms with van der Waals surface area (Å²) in [5.41, 5.74) is 0. The molecule has 1 aromatic heterocycles. The van der Waals surface area contributed by atoms with Crippen LogP contribution in [0.1, 0.15) is 33.6 Å². The van der Waals surface area contributed by atoms with E-state index in [4.69, 9.17) is 0 Å². The van der Waals surface area contributed by atoms with E-state index in [1.165, 1.54) is 34.9 Å². The number of carbonyl (C=O) groups is 2. The number of nitrogens with zero attached hydrogens (tertiary/aromatic N) is 3. The number of hydrogen-bond donors (Lipinski definition) is 1. The summed E-state index contributed by atoms with van der Waals surface area (Å²) in [7, 11) is 0. The highest BCUT2D eigenvalue weighted by Gasteiger charge is 2.26. The predicted octanol–water partition coefficient (Wildman–Crippen LogP) is 2.26. The predicted molar refractivity (Wildman–Crippen MR) is 95.0 cm³/mol. The van der Waals surface area contributed by atoms with E-state index in [9.17, 15) is 9.59 Å². The number of rotatable bonds is 9. The molecule has 9 heteroatoms. The molecule has 0 aliphatic heterocycles. The molecule has 0 unspecified atom stereocenters. The summed E-state index contributed by atoms with van der Waals surface area (Å²) in [5, 5.41) is 11.0. The van der Waals surface area contributed by atoms with Gasteiger partial charge in [-0.15, -0.1) is 10.2 Å². The first kappa shape index (κ1) is 18.5. The van der Waals surface area contributed by atoms with Crippen LogP contribution < -0.4 is 5.32 Å². The number of carbonyl (C=O) groups excluding carboxylic acids is 2. The minimum absolute atomic E-state index is 0.0543. The molecule has 2 rings (SSSR count). The molecule has 0 saturated heterocycles. The first-order valence-corrected chi connectivity index (χ1v) is 10.4. The van der Waals surface area contributed by atoms with Crippen molar-refractivity contribution >= 4 is 46.7 Å². The van der Waals surface area contributed by atoms with E-state index in [0.717, 1.165) is 34.6 Å². The summed E-state index contributed by atoms with van der Waals surface area (Å²) in [6.07, 6.45) is 2.17. The van der Waals surface area contributed by atoms with Crippen LogP contribution in [0.15, 0.2) is 8.68 Å². The zero-order valence-corrected chi connectivity index (χ0v) is 16.0. The maximum absolute atomic E-state index is 12.0. The highest BCUT2D eigenvalue weighted by atomic mass is 32.2. The number of amides is 2. The van der Waals surface area contributed by atoms with Gasteiger partial charge in [-0.1, -0.05) is 34.9 Å². The third-order valence-electron chi connectivity index (χ3n) is 3.39. The van der Waals surface area contributed by atoms with E-state index in [-0.39, 0.29) is 17.1 Å². The third-order valence-corrected chi connectivity index (χ3v) is 6.62. The lowest BCUT2D eigenvalue weighted by Crippen LogP contribution is -2.32. The minimum atomic E-state index is -0.182. The summed E-state index contributed by atoms with van der Waals surface area (Å²) in [5.74, 6) is 0.541. The lowest BCUT2D eigenvalue weighted by Gasteiger charge is -2.17. The van der Waals surface area contributed by atoms with Crippen molar-refractivity contribution in [1.29, 1.82) is 0 Å². The lowest BCUT2D eigenvalue weighted by molar-refractivity contribution is -0.128. The van der Waals surface area contributed by atoms with Crippen LogP contribution in [0.2, 0.25) is 0 Å². The second-order valence-electron chi connectivity index (χ2n) is 5.23. The Balaban J connectivity index is 1.78. The second-order valence-corrected chi connectivity index (χ2v) is 9.02. The standard InChI is InChI=1S/C14H22N4O2S3/c1-4-18(5-2)11(19)8-21-13-16-17-14(23-13)22-9(3)12(20)15-10-6-7-10/h9-10H,4-8H2,1-3H3,(H,15,20)/t9-/m0/s1. The molecule has 2 amide bonds. The van der Waals surface area contributed by atoms with Crippen LogP contribution in [0.5, 0.6) is 0 Å². The van der Waals surface area contributed by atoms with E-state index in [0.29, 0.717) is 11.8 Å². The van der Waals surface area contributed by atoms with Gasteiger partial charge in [-0.05, 0) is 33.6 Å². The zero-order chi connectivity index (χ0) is 16.8. The van der Waals surface area contributed by atoms with Crippen molar-refractivity contribution in [3.8, 4) is 0 Å². The molecule has 1 N–H and O–H groups in total. The lowest BCUT2D eigenvalue weighted by atomic mass is 10.4. The van der Waals surface area contributed by atoms with E-state index in [1.807, 2.05) is 20.8 Å². The van der Waals surface area contributed by atoms with Crippen LogP contribution in [0.4, 0.5) is 0 Å². The Morgan fingerprint density at radius 2 is 1.96 bits per heavy atom. The average Bonchev–Trinajstić information content (AvgIpc) is 3.23. The van der Waals surface area contributed by atoms with Crippen LogP contribution >= 0.6 is 34.9 Å². The summed E-state index contributed by atoms with van der Waals surface area (Å²) in [6, 6.07) is 0.372. The largest absolute Gasteiger partial charge is 0.352 e. The van der Waals surface area contributed by atoms with Crippen molar-refractivity contribution in [2.24, 2.45) is 0 Å². The molecular weight excluding hydrogens is 352 g/mol. The van der Waals surface area contributed by atoms with E-state index >= 15 is 0 Å². The second kappa shape index (κ2) is 8.89. The van der Waals surface area contributed by atoms with Gasteiger partial charge in [0.2, 0.25) is 11.8 Å². The molecule has 1 atom stereocenters. The molecule has 0 radical (unpaired) electrons. The molecule has 0 bridgehead atoms. The molecule has 0 spiro atoms. The fraction of sp³-hybridized carbons (Fsp3) is 0.714. The summed E-state index contributed by atoms with van der Waals surface area (Å²) < 4.78 is 1.53. The fourth-order valence-electron chi connectivity index (χ4n) is 1.85. The number of hydrogen-bond acceptors (Lipinski definition) is 7. The molecule has 1 saturated carbocycles. The van der Waals surface area contributed by atoms with Crippen molar-refractivity contribution in [3.63, 3.8) is 0 Å². The first-order valence-electron chi connectivity index (χ1n) is 7.74. The molecule has 6 nitrogen and oxygen atoms in total. The van der Waals surface area contributed by atoms with Crippen LogP contribution in [-0.2, 0) is 9.59 Å². The van der Waals surface area contributed by atoms with Gasteiger partial charge in [0.1, 0.15) is 0 Å². The Morgan fingerprint density at radius 1 is 1.30 bits per heavy atom. The normalized spacial score (nSPS) is 15.3. The smallest absolute Gasteiger partial charge is 0.233 e. The van der Waals surface area contributed by atoms with Crippen LogP contribution in [-0.4, -0.2) is 57.0 Å². The molecule has 1 aliphatic carbocycles. The Morgan fingerprint density at radius 3 is 2.57 bits per heavy atom. The van der Waals surface area contributed by atoms with E-state index < -0.39 is 0 Å². The topological polar surface area (TPSA) is 75.2 Å². The molecule has 23 heavy (non-hydrogen) atoms. The summed E-state index contributed by atoms with van der Waals surface area (Å²) in [6.45, 7) is 7.27. The average molecular weight is 375 g/mol. The van der Waals surface area contributed by atoms with Gasteiger partial charge in [-0.3, -0.25) is 9.59 Å². The van der Waals surface area contributed by atoms with Crippen LogP contribution in [0.25, 0.3) is 0 Å². The van der Waals surface area contributed by atoms with Gasteiger partial charge in [0.25, 0.3) is 0 Å². The quantitative estimate of drug-likeness (QED) is 0.668. The number of thioether (sulfide) groups is 2. The molecule has 1 aromatic rings. The minimum Gasteiger partial charge on any atom is -0.352 e. The zero-order valence-electron chi connectivity index (χ0n) is 13.6. The van der Waals surface area contributed by atoms with Crippen molar-refractivity contribution in [2.45, 2.75) is 53.6 Å². The SMILES string of the molecule is CCN(CC)C(=O)CSc1nnc(S[C@@H](C)C(=O)NC2CC2)s1. The maximum Gasteiger partial charge on any atom is 0.233 e. The molecule has 128 valence electrons. The number of aromatic nitrogens is 2. The highest BCUT2D eigenvalue weighted by molar-refractivity contribution is 8.04. The van der Waals surface area contributed by atoms with Gasteiger partial charge in [-0.2, -0.15) is 0 Å². The van der Waals surface area contributed by atoms with Gasteiger partial charge < -0.3 is 10.2 Å². The van der Waals surface area contributed by atoms with E-state index in [2.05, 4.69) is 15.5 Å². The van der Waals surface area contributed by atoms with Crippen molar-refractivity contribution in [2.75, 3.05) is 18.8 Å². The first-order chi connectivity index (χ1) is 11.0. The molecule has 0 aromatic carbocycles. The molecule has 1 fully saturated rings.